The SMILES string of the molecule is CCOC(=O)C(C)(CCN)c1c(F)cc(F)cc1F. The van der Waals surface area contributed by atoms with Gasteiger partial charge in [0.1, 0.15) is 17.5 Å². The zero-order chi connectivity index (χ0) is 14.6. The first-order valence-corrected chi connectivity index (χ1v) is 5.89. The maximum atomic E-state index is 13.8. The average Bonchev–Trinajstić information content (AvgIpc) is 2.27. The molecule has 0 saturated heterocycles. The largest absolute Gasteiger partial charge is 0.465 e. The summed E-state index contributed by atoms with van der Waals surface area (Å²) in [5, 5.41) is 0. The van der Waals surface area contributed by atoms with Crippen molar-refractivity contribution in [3.05, 3.63) is 35.1 Å². The lowest BCUT2D eigenvalue weighted by molar-refractivity contribution is -0.150. The van der Waals surface area contributed by atoms with Gasteiger partial charge in [0.05, 0.1) is 12.0 Å². The van der Waals surface area contributed by atoms with E-state index in [9.17, 15) is 18.0 Å². The van der Waals surface area contributed by atoms with Gasteiger partial charge in [0.2, 0.25) is 0 Å². The Morgan fingerprint density at radius 2 is 1.84 bits per heavy atom. The molecule has 0 saturated carbocycles. The van der Waals surface area contributed by atoms with Crippen LogP contribution >= 0.6 is 0 Å². The molecule has 2 N–H and O–H groups in total. The number of hydrogen-bond acceptors (Lipinski definition) is 3. The molecule has 0 aliphatic carbocycles. The van der Waals surface area contributed by atoms with Crippen LogP contribution in [0, 0.1) is 17.5 Å². The number of esters is 1. The summed E-state index contributed by atoms with van der Waals surface area (Å²) in [5.74, 6) is -4.08. The van der Waals surface area contributed by atoms with E-state index in [2.05, 4.69) is 0 Å². The number of rotatable bonds is 5. The number of carbonyl (C=O) groups excluding carboxylic acids is 1. The zero-order valence-corrected chi connectivity index (χ0v) is 10.8. The molecule has 0 aliphatic rings. The third-order valence-corrected chi connectivity index (χ3v) is 2.93. The number of carbonyl (C=O) groups is 1. The molecule has 1 unspecified atom stereocenters. The Hall–Kier alpha value is -1.56. The summed E-state index contributed by atoms with van der Waals surface area (Å²) >= 11 is 0. The van der Waals surface area contributed by atoms with Crippen LogP contribution in [-0.2, 0) is 14.9 Å². The van der Waals surface area contributed by atoms with Crippen LogP contribution in [0.4, 0.5) is 13.2 Å². The molecule has 0 radical (unpaired) electrons. The van der Waals surface area contributed by atoms with Crippen LogP contribution < -0.4 is 5.73 Å². The van der Waals surface area contributed by atoms with Crippen molar-refractivity contribution in [3.63, 3.8) is 0 Å². The maximum Gasteiger partial charge on any atom is 0.316 e. The van der Waals surface area contributed by atoms with Gasteiger partial charge in [0.15, 0.2) is 0 Å². The topological polar surface area (TPSA) is 52.3 Å². The van der Waals surface area contributed by atoms with Crippen molar-refractivity contribution in [2.45, 2.75) is 25.7 Å². The third kappa shape index (κ3) is 3.07. The molecule has 1 aromatic rings. The number of halogens is 3. The van der Waals surface area contributed by atoms with Crippen LogP contribution in [0.15, 0.2) is 12.1 Å². The van der Waals surface area contributed by atoms with E-state index in [-0.39, 0.29) is 19.6 Å². The van der Waals surface area contributed by atoms with Crippen LogP contribution in [0.25, 0.3) is 0 Å². The summed E-state index contributed by atoms with van der Waals surface area (Å²) in [7, 11) is 0. The molecule has 1 atom stereocenters. The van der Waals surface area contributed by atoms with E-state index in [0.29, 0.717) is 12.1 Å². The molecule has 0 aliphatic heterocycles. The molecule has 106 valence electrons. The molecule has 0 amide bonds. The lowest BCUT2D eigenvalue weighted by atomic mass is 9.78. The van der Waals surface area contributed by atoms with Crippen molar-refractivity contribution in [1.82, 2.24) is 0 Å². The van der Waals surface area contributed by atoms with Gasteiger partial charge in [-0.05, 0) is 26.8 Å². The predicted molar refractivity (Wildman–Crippen MR) is 64.0 cm³/mol. The van der Waals surface area contributed by atoms with Crippen molar-refractivity contribution < 1.29 is 22.7 Å². The fourth-order valence-corrected chi connectivity index (χ4v) is 1.98. The van der Waals surface area contributed by atoms with Gasteiger partial charge in [-0.3, -0.25) is 4.79 Å². The van der Waals surface area contributed by atoms with E-state index in [1.165, 1.54) is 6.92 Å². The van der Waals surface area contributed by atoms with Gasteiger partial charge in [-0.25, -0.2) is 13.2 Å². The highest BCUT2D eigenvalue weighted by Gasteiger charge is 2.40. The van der Waals surface area contributed by atoms with Crippen molar-refractivity contribution in [2.75, 3.05) is 13.2 Å². The second-order valence-corrected chi connectivity index (χ2v) is 4.34. The highest BCUT2D eigenvalue weighted by atomic mass is 19.1. The third-order valence-electron chi connectivity index (χ3n) is 2.93. The molecule has 0 bridgehead atoms. The molecule has 0 heterocycles. The Morgan fingerprint density at radius 3 is 2.26 bits per heavy atom. The highest BCUT2D eigenvalue weighted by molar-refractivity contribution is 5.83. The van der Waals surface area contributed by atoms with Crippen molar-refractivity contribution in [3.8, 4) is 0 Å². The molecule has 19 heavy (non-hydrogen) atoms. The van der Waals surface area contributed by atoms with Crippen LogP contribution in [0.5, 0.6) is 0 Å². The Morgan fingerprint density at radius 1 is 1.32 bits per heavy atom. The lowest BCUT2D eigenvalue weighted by Crippen LogP contribution is -2.38. The molecule has 1 rings (SSSR count). The second-order valence-electron chi connectivity index (χ2n) is 4.34. The van der Waals surface area contributed by atoms with Crippen molar-refractivity contribution in [2.24, 2.45) is 5.73 Å². The monoisotopic (exact) mass is 275 g/mol. The van der Waals surface area contributed by atoms with Gasteiger partial charge >= 0.3 is 5.97 Å². The highest BCUT2D eigenvalue weighted by Crippen LogP contribution is 2.33. The minimum atomic E-state index is -1.58. The van der Waals surface area contributed by atoms with Crippen LogP contribution in [0.3, 0.4) is 0 Å². The maximum absolute atomic E-state index is 13.8. The average molecular weight is 275 g/mol. The van der Waals surface area contributed by atoms with Crippen LogP contribution in [0.2, 0.25) is 0 Å². The number of benzene rings is 1. The first-order valence-electron chi connectivity index (χ1n) is 5.89. The summed E-state index contributed by atoms with van der Waals surface area (Å²) in [5.41, 5.74) is 3.30. The van der Waals surface area contributed by atoms with Gasteiger partial charge in [-0.2, -0.15) is 0 Å². The van der Waals surface area contributed by atoms with Crippen LogP contribution in [0.1, 0.15) is 25.8 Å². The number of hydrogen-bond donors (Lipinski definition) is 1. The quantitative estimate of drug-likeness (QED) is 0.839. The van der Waals surface area contributed by atoms with Crippen molar-refractivity contribution in [1.29, 1.82) is 0 Å². The second kappa shape index (κ2) is 6.06. The molecule has 0 aromatic heterocycles. The van der Waals surface area contributed by atoms with Gasteiger partial charge in [0, 0.05) is 17.7 Å². The Kier molecular flexibility index (Phi) is 4.94. The Labute approximate surface area is 109 Å². The molecule has 0 spiro atoms. The van der Waals surface area contributed by atoms with E-state index in [4.69, 9.17) is 10.5 Å². The zero-order valence-electron chi connectivity index (χ0n) is 10.8. The molecular weight excluding hydrogens is 259 g/mol. The van der Waals surface area contributed by atoms with Gasteiger partial charge in [-0.1, -0.05) is 0 Å². The van der Waals surface area contributed by atoms with Gasteiger partial charge in [-0.15, -0.1) is 0 Å². The standard InChI is InChI=1S/C13H16F3NO2/c1-3-19-12(18)13(2,4-5-17)11-9(15)6-8(14)7-10(11)16/h6-7H,3-5,17H2,1-2H3. The van der Waals surface area contributed by atoms with Crippen LogP contribution in [-0.4, -0.2) is 19.1 Å². The van der Waals surface area contributed by atoms with E-state index < -0.39 is 34.4 Å². The fraction of sp³-hybridized carbons (Fsp3) is 0.462. The summed E-state index contributed by atoms with van der Waals surface area (Å²) in [6, 6.07) is 1.07. The first kappa shape index (κ1) is 15.5. The first-order chi connectivity index (χ1) is 8.86. The Bertz CT molecular complexity index is 456. The predicted octanol–water partition coefficient (Wildman–Crippen LogP) is 2.27. The van der Waals surface area contributed by atoms with Gasteiger partial charge in [0.25, 0.3) is 0 Å². The summed E-state index contributed by atoms with van der Waals surface area (Å²) in [6.07, 6.45) is -0.00863. The van der Waals surface area contributed by atoms with Gasteiger partial charge < -0.3 is 10.5 Å². The van der Waals surface area contributed by atoms with E-state index in [1.54, 1.807) is 6.92 Å². The van der Waals surface area contributed by atoms with Crippen molar-refractivity contribution >= 4 is 5.97 Å². The van der Waals surface area contributed by atoms with E-state index in [1.807, 2.05) is 0 Å². The summed E-state index contributed by atoms with van der Waals surface area (Å²) in [4.78, 5) is 11.9. The number of ether oxygens (including phenoxy) is 1. The fourth-order valence-electron chi connectivity index (χ4n) is 1.98. The molecule has 3 nitrogen and oxygen atoms in total. The minimum absolute atomic E-state index is 0.00863. The lowest BCUT2D eigenvalue weighted by Gasteiger charge is -2.28. The molecule has 1 aromatic carbocycles. The Balaban J connectivity index is 3.38. The smallest absolute Gasteiger partial charge is 0.316 e. The van der Waals surface area contributed by atoms with E-state index >= 15 is 0 Å². The molecule has 6 heteroatoms. The summed E-state index contributed by atoms with van der Waals surface area (Å²) in [6.45, 7) is 3.02. The normalized spacial score (nSPS) is 14.0. The van der Waals surface area contributed by atoms with E-state index in [0.717, 1.165) is 0 Å². The molecule has 0 fully saturated rings. The molecular formula is C13H16F3NO2. The number of nitrogens with two attached hydrogens (primary N) is 1. The minimum Gasteiger partial charge on any atom is -0.465 e. The summed E-state index contributed by atoms with van der Waals surface area (Å²) < 4.78 is 45.3.